The normalized spacial score (nSPS) is 10.4. The number of ether oxygens (including phenoxy) is 2. The van der Waals surface area contributed by atoms with Crippen molar-refractivity contribution in [3.05, 3.63) is 0 Å². The van der Waals surface area contributed by atoms with Crippen molar-refractivity contribution >= 4 is 11.9 Å². The minimum absolute atomic E-state index is 0.0115. The van der Waals surface area contributed by atoms with Crippen LogP contribution in [0.25, 0.3) is 0 Å². The fourth-order valence-electron chi connectivity index (χ4n) is 0.972. The Morgan fingerprint density at radius 2 is 2.00 bits per heavy atom. The summed E-state index contributed by atoms with van der Waals surface area (Å²) >= 11 is 0. The van der Waals surface area contributed by atoms with Gasteiger partial charge in [0.15, 0.2) is 0 Å². The van der Waals surface area contributed by atoms with Crippen molar-refractivity contribution in [1.29, 1.82) is 0 Å². The molecule has 100 valence electrons. The van der Waals surface area contributed by atoms with E-state index in [4.69, 9.17) is 0 Å². The van der Waals surface area contributed by atoms with Crippen LogP contribution in [-0.4, -0.2) is 44.7 Å². The van der Waals surface area contributed by atoms with Gasteiger partial charge in [0.1, 0.15) is 6.61 Å². The molecule has 0 aromatic heterocycles. The summed E-state index contributed by atoms with van der Waals surface area (Å²) in [5, 5.41) is 2.44. The maximum absolute atomic E-state index is 11.6. The van der Waals surface area contributed by atoms with Crippen molar-refractivity contribution in [3.8, 4) is 0 Å². The first-order chi connectivity index (χ1) is 8.06. The average Bonchev–Trinajstić information content (AvgIpc) is 2.26. The summed E-state index contributed by atoms with van der Waals surface area (Å²) in [6.45, 7) is 1.49. The molecule has 0 aliphatic carbocycles. The first-order valence-corrected chi connectivity index (χ1v) is 5.34. The van der Waals surface area contributed by atoms with Crippen LogP contribution in [0.15, 0.2) is 0 Å². The number of alkyl halides is 2. The van der Waals surface area contributed by atoms with Crippen LogP contribution in [-0.2, 0) is 19.1 Å². The molecule has 17 heavy (non-hydrogen) atoms. The quantitative estimate of drug-likeness (QED) is 0.486. The average molecular weight is 253 g/mol. The Morgan fingerprint density at radius 1 is 1.29 bits per heavy atom. The van der Waals surface area contributed by atoms with E-state index in [0.29, 0.717) is 0 Å². The molecular formula is C10H17F2NO4. The predicted molar refractivity (Wildman–Crippen MR) is 55.7 cm³/mol. The molecule has 0 aliphatic heterocycles. The Bertz CT molecular complexity index is 236. The van der Waals surface area contributed by atoms with Gasteiger partial charge in [0.25, 0.3) is 6.43 Å². The molecule has 0 saturated carbocycles. The monoisotopic (exact) mass is 253 g/mol. The number of nitrogens with one attached hydrogen (secondary N) is 1. The van der Waals surface area contributed by atoms with E-state index in [1.54, 1.807) is 6.92 Å². The lowest BCUT2D eigenvalue weighted by molar-refractivity contribution is -0.144. The summed E-state index contributed by atoms with van der Waals surface area (Å²) in [7, 11) is 0. The Labute approximate surface area is 98.5 Å². The second-order valence-electron chi connectivity index (χ2n) is 3.12. The third-order valence-electron chi connectivity index (χ3n) is 1.67. The highest BCUT2D eigenvalue weighted by Crippen LogP contribution is 1.93. The SMILES string of the molecule is CCOC(=O)CCC(=O)NCCOCC(F)F. The maximum atomic E-state index is 11.6. The van der Waals surface area contributed by atoms with E-state index < -0.39 is 19.0 Å². The van der Waals surface area contributed by atoms with Gasteiger partial charge in [0.05, 0.1) is 19.6 Å². The molecule has 0 bridgehead atoms. The van der Waals surface area contributed by atoms with Crippen LogP contribution in [0.3, 0.4) is 0 Å². The fraction of sp³-hybridized carbons (Fsp3) is 0.800. The summed E-state index contributed by atoms with van der Waals surface area (Å²) in [6.07, 6.45) is -2.47. The van der Waals surface area contributed by atoms with Gasteiger partial charge in [-0.3, -0.25) is 9.59 Å². The summed E-state index contributed by atoms with van der Waals surface area (Å²) in [5.74, 6) is -0.768. The molecule has 1 N–H and O–H groups in total. The summed E-state index contributed by atoms with van der Waals surface area (Å²) in [4.78, 5) is 22.0. The molecule has 1 amide bonds. The predicted octanol–water partition coefficient (Wildman–Crippen LogP) is 0.728. The molecule has 0 aliphatic rings. The van der Waals surface area contributed by atoms with Crippen LogP contribution in [0.1, 0.15) is 19.8 Å². The Hall–Kier alpha value is -1.24. The standard InChI is InChI=1S/C10H17F2NO4/c1-2-17-10(15)4-3-9(14)13-5-6-16-7-8(11)12/h8H,2-7H2,1H3,(H,13,14). The van der Waals surface area contributed by atoms with E-state index in [0.717, 1.165) is 0 Å². The van der Waals surface area contributed by atoms with E-state index >= 15 is 0 Å². The van der Waals surface area contributed by atoms with Gasteiger partial charge in [-0.1, -0.05) is 0 Å². The Kier molecular flexibility index (Phi) is 9.22. The van der Waals surface area contributed by atoms with Gasteiger partial charge in [-0.2, -0.15) is 0 Å². The van der Waals surface area contributed by atoms with Crippen LogP contribution in [0, 0.1) is 0 Å². The molecule has 0 heterocycles. The van der Waals surface area contributed by atoms with Crippen LogP contribution in [0.2, 0.25) is 0 Å². The molecule has 0 saturated heterocycles. The number of carbonyl (C=O) groups is 2. The van der Waals surface area contributed by atoms with Crippen molar-refractivity contribution in [2.45, 2.75) is 26.2 Å². The highest BCUT2D eigenvalue weighted by Gasteiger charge is 2.07. The van der Waals surface area contributed by atoms with Crippen LogP contribution in [0.4, 0.5) is 8.78 Å². The van der Waals surface area contributed by atoms with Crippen molar-refractivity contribution in [1.82, 2.24) is 5.32 Å². The minimum Gasteiger partial charge on any atom is -0.466 e. The Balaban J connectivity index is 3.38. The van der Waals surface area contributed by atoms with Crippen LogP contribution in [0.5, 0.6) is 0 Å². The molecule has 0 spiro atoms. The lowest BCUT2D eigenvalue weighted by Crippen LogP contribution is -2.28. The smallest absolute Gasteiger partial charge is 0.306 e. The zero-order valence-electron chi connectivity index (χ0n) is 9.71. The third-order valence-corrected chi connectivity index (χ3v) is 1.67. The van der Waals surface area contributed by atoms with Crippen molar-refractivity contribution in [3.63, 3.8) is 0 Å². The third kappa shape index (κ3) is 11.0. The van der Waals surface area contributed by atoms with Gasteiger partial charge >= 0.3 is 5.97 Å². The molecule has 0 unspecified atom stereocenters. The second-order valence-corrected chi connectivity index (χ2v) is 3.12. The molecule has 0 aromatic rings. The van der Waals surface area contributed by atoms with Crippen molar-refractivity contribution in [2.24, 2.45) is 0 Å². The maximum Gasteiger partial charge on any atom is 0.306 e. The number of hydrogen-bond acceptors (Lipinski definition) is 4. The topological polar surface area (TPSA) is 64.6 Å². The van der Waals surface area contributed by atoms with Gasteiger partial charge in [-0.15, -0.1) is 0 Å². The van der Waals surface area contributed by atoms with Gasteiger partial charge in [-0.25, -0.2) is 8.78 Å². The zero-order valence-corrected chi connectivity index (χ0v) is 9.71. The Morgan fingerprint density at radius 3 is 2.59 bits per heavy atom. The number of carbonyl (C=O) groups excluding carboxylic acids is 2. The summed E-state index contributed by atoms with van der Waals surface area (Å²) in [6, 6.07) is 0. The second kappa shape index (κ2) is 9.95. The van der Waals surface area contributed by atoms with E-state index in [1.807, 2.05) is 0 Å². The number of halogens is 2. The number of amides is 1. The lowest BCUT2D eigenvalue weighted by atomic mass is 10.3. The van der Waals surface area contributed by atoms with Gasteiger partial charge < -0.3 is 14.8 Å². The van der Waals surface area contributed by atoms with E-state index in [9.17, 15) is 18.4 Å². The summed E-state index contributed by atoms with van der Waals surface area (Å²) < 4.78 is 32.5. The van der Waals surface area contributed by atoms with Gasteiger partial charge in [-0.05, 0) is 6.92 Å². The molecule has 0 fully saturated rings. The fourth-order valence-corrected chi connectivity index (χ4v) is 0.972. The van der Waals surface area contributed by atoms with Crippen LogP contribution < -0.4 is 5.32 Å². The molecule has 7 heteroatoms. The van der Waals surface area contributed by atoms with Gasteiger partial charge in [0.2, 0.25) is 5.91 Å². The van der Waals surface area contributed by atoms with Crippen molar-refractivity contribution < 1.29 is 27.8 Å². The molecule has 0 radical (unpaired) electrons. The lowest BCUT2D eigenvalue weighted by Gasteiger charge is -2.06. The highest BCUT2D eigenvalue weighted by atomic mass is 19.3. The number of esters is 1. The van der Waals surface area contributed by atoms with E-state index in [-0.39, 0.29) is 38.5 Å². The van der Waals surface area contributed by atoms with E-state index in [2.05, 4.69) is 14.8 Å². The molecule has 5 nitrogen and oxygen atoms in total. The van der Waals surface area contributed by atoms with E-state index in [1.165, 1.54) is 0 Å². The largest absolute Gasteiger partial charge is 0.466 e. The highest BCUT2D eigenvalue weighted by molar-refractivity contribution is 5.81. The first-order valence-electron chi connectivity index (χ1n) is 5.34. The zero-order chi connectivity index (χ0) is 13.1. The van der Waals surface area contributed by atoms with Crippen molar-refractivity contribution in [2.75, 3.05) is 26.4 Å². The van der Waals surface area contributed by atoms with Crippen LogP contribution >= 0.6 is 0 Å². The molecule has 0 rings (SSSR count). The summed E-state index contributed by atoms with van der Waals surface area (Å²) in [5.41, 5.74) is 0. The molecule has 0 atom stereocenters. The molecule has 0 aromatic carbocycles. The van der Waals surface area contributed by atoms with Gasteiger partial charge in [0, 0.05) is 13.0 Å². The first kappa shape index (κ1) is 15.8. The number of rotatable bonds is 9. The minimum atomic E-state index is -2.51. The molecular weight excluding hydrogens is 236 g/mol. The number of hydrogen-bond donors (Lipinski definition) is 1.